The van der Waals surface area contributed by atoms with E-state index in [1.54, 1.807) is 22.9 Å². The predicted molar refractivity (Wildman–Crippen MR) is 68.0 cm³/mol. The quantitative estimate of drug-likeness (QED) is 0.762. The molecule has 0 N–H and O–H groups in total. The Morgan fingerprint density at radius 2 is 1.94 bits per heavy atom. The summed E-state index contributed by atoms with van der Waals surface area (Å²) < 4.78 is 15.6. The summed E-state index contributed by atoms with van der Waals surface area (Å²) in [6, 6.07) is 6.40. The van der Waals surface area contributed by atoms with Crippen molar-refractivity contribution in [2.24, 2.45) is 0 Å². The lowest BCUT2D eigenvalue weighted by atomic mass is 10.0. The number of benzene rings is 1. The van der Waals surface area contributed by atoms with E-state index >= 15 is 0 Å². The monoisotopic (exact) mass is 246 g/mol. The van der Waals surface area contributed by atoms with Crippen molar-refractivity contribution in [1.82, 2.24) is 9.78 Å². The highest BCUT2D eigenvalue weighted by Gasteiger charge is 2.23. The number of nitrogens with zero attached hydrogens (tertiary/aromatic N) is 2. The molecule has 0 aliphatic heterocycles. The Morgan fingerprint density at radius 3 is 2.50 bits per heavy atom. The summed E-state index contributed by atoms with van der Waals surface area (Å²) in [6.07, 6.45) is 2.18. The summed E-state index contributed by atoms with van der Waals surface area (Å²) in [5.41, 5.74) is 0.997. The van der Waals surface area contributed by atoms with Crippen LogP contribution < -0.4 is 0 Å². The third-order valence-electron chi connectivity index (χ3n) is 2.69. The fraction of sp³-hybridized carbons (Fsp3) is 0.286. The number of hydrogen-bond acceptors (Lipinski definition) is 2. The Bertz CT molecular complexity index is 582. The lowest BCUT2D eigenvalue weighted by Crippen LogP contribution is -2.24. The number of rotatable bonds is 2. The van der Waals surface area contributed by atoms with Gasteiger partial charge in [-0.15, -0.1) is 0 Å². The van der Waals surface area contributed by atoms with Crippen LogP contribution in [0.25, 0.3) is 11.3 Å². The van der Waals surface area contributed by atoms with Crippen molar-refractivity contribution in [2.45, 2.75) is 26.3 Å². The van der Waals surface area contributed by atoms with Crippen LogP contribution in [0.15, 0.2) is 30.5 Å². The molecule has 1 heterocycles. The van der Waals surface area contributed by atoms with Crippen LogP contribution in [0.1, 0.15) is 31.1 Å². The van der Waals surface area contributed by atoms with Crippen LogP contribution in [0.4, 0.5) is 4.39 Å². The van der Waals surface area contributed by atoms with Gasteiger partial charge in [0.05, 0.1) is 23.0 Å². The Hall–Kier alpha value is -1.97. The molecule has 1 aromatic heterocycles. The predicted octanol–water partition coefficient (Wildman–Crippen LogP) is 3.26. The fourth-order valence-corrected chi connectivity index (χ4v) is 1.88. The molecule has 0 atom stereocenters. The Balaban J connectivity index is 2.73. The molecule has 3 nitrogen and oxygen atoms in total. The van der Waals surface area contributed by atoms with E-state index < -0.39 is 0 Å². The molecule has 0 saturated heterocycles. The van der Waals surface area contributed by atoms with Gasteiger partial charge in [0.1, 0.15) is 5.82 Å². The third-order valence-corrected chi connectivity index (χ3v) is 2.69. The molecule has 0 unspecified atom stereocenters. The number of carbonyl (C=O) groups excluding carboxylic acids is 1. The average Bonchev–Trinajstić information content (AvgIpc) is 2.72. The maximum Gasteiger partial charge on any atom is 0.153 e. The molecule has 0 bridgehead atoms. The number of halogens is 1. The molecular weight excluding hydrogens is 231 g/mol. The summed E-state index contributed by atoms with van der Waals surface area (Å²) in [6.45, 7) is 5.87. The molecular formula is C14H15FN2O. The van der Waals surface area contributed by atoms with Gasteiger partial charge >= 0.3 is 0 Å². The lowest BCUT2D eigenvalue weighted by Gasteiger charge is -2.23. The van der Waals surface area contributed by atoms with E-state index in [-0.39, 0.29) is 11.4 Å². The standard InChI is InChI=1S/C14H15FN2O/c1-14(2,3)17-13(10(9-18)8-16-17)11-6-4-5-7-12(11)15/h4-9H,1-3H3. The van der Waals surface area contributed by atoms with Crippen LogP contribution in [0.2, 0.25) is 0 Å². The number of aromatic nitrogens is 2. The molecule has 0 radical (unpaired) electrons. The van der Waals surface area contributed by atoms with Crippen molar-refractivity contribution < 1.29 is 9.18 Å². The molecule has 4 heteroatoms. The van der Waals surface area contributed by atoms with Gasteiger partial charge < -0.3 is 0 Å². The molecule has 0 fully saturated rings. The first-order valence-electron chi connectivity index (χ1n) is 5.73. The lowest BCUT2D eigenvalue weighted by molar-refractivity contribution is 0.112. The highest BCUT2D eigenvalue weighted by Crippen LogP contribution is 2.29. The van der Waals surface area contributed by atoms with Gasteiger partial charge in [0.2, 0.25) is 0 Å². The van der Waals surface area contributed by atoms with Gasteiger partial charge in [-0.05, 0) is 32.9 Å². The number of carbonyl (C=O) groups is 1. The minimum Gasteiger partial charge on any atom is -0.298 e. The van der Waals surface area contributed by atoms with Crippen molar-refractivity contribution in [2.75, 3.05) is 0 Å². The average molecular weight is 246 g/mol. The summed E-state index contributed by atoms with van der Waals surface area (Å²) in [5.74, 6) is -0.355. The van der Waals surface area contributed by atoms with Crippen LogP contribution >= 0.6 is 0 Å². The fourth-order valence-electron chi connectivity index (χ4n) is 1.88. The van der Waals surface area contributed by atoms with E-state index in [4.69, 9.17) is 0 Å². The molecule has 2 rings (SSSR count). The van der Waals surface area contributed by atoms with Crippen molar-refractivity contribution in [3.8, 4) is 11.3 Å². The van der Waals surface area contributed by atoms with E-state index in [0.717, 1.165) is 0 Å². The maximum absolute atomic E-state index is 13.9. The summed E-state index contributed by atoms with van der Waals surface area (Å²) >= 11 is 0. The zero-order valence-corrected chi connectivity index (χ0v) is 10.6. The zero-order valence-electron chi connectivity index (χ0n) is 10.6. The van der Waals surface area contributed by atoms with Crippen molar-refractivity contribution in [1.29, 1.82) is 0 Å². The van der Waals surface area contributed by atoms with E-state index in [9.17, 15) is 9.18 Å². The maximum atomic E-state index is 13.9. The van der Waals surface area contributed by atoms with Gasteiger partial charge in [0.25, 0.3) is 0 Å². The smallest absolute Gasteiger partial charge is 0.153 e. The van der Waals surface area contributed by atoms with Crippen LogP contribution in [0, 0.1) is 5.82 Å². The van der Waals surface area contributed by atoms with Crippen LogP contribution in [-0.2, 0) is 5.54 Å². The first kappa shape index (κ1) is 12.5. The van der Waals surface area contributed by atoms with Crippen molar-refractivity contribution in [3.05, 3.63) is 41.8 Å². The highest BCUT2D eigenvalue weighted by molar-refractivity contribution is 5.85. The second-order valence-corrected chi connectivity index (χ2v) is 5.13. The number of hydrogen-bond donors (Lipinski definition) is 0. The molecule has 0 aliphatic rings. The van der Waals surface area contributed by atoms with Crippen LogP contribution in [0.5, 0.6) is 0 Å². The molecule has 2 aromatic rings. The molecule has 0 saturated carbocycles. The topological polar surface area (TPSA) is 34.9 Å². The SMILES string of the molecule is CC(C)(C)n1ncc(C=O)c1-c1ccccc1F. The zero-order chi connectivity index (χ0) is 13.3. The van der Waals surface area contributed by atoms with E-state index in [2.05, 4.69) is 5.10 Å². The second-order valence-electron chi connectivity index (χ2n) is 5.13. The normalized spacial score (nSPS) is 11.6. The van der Waals surface area contributed by atoms with Gasteiger partial charge in [-0.2, -0.15) is 5.10 Å². The first-order valence-corrected chi connectivity index (χ1v) is 5.73. The molecule has 0 spiro atoms. The summed E-state index contributed by atoms with van der Waals surface area (Å²) in [4.78, 5) is 11.1. The molecule has 94 valence electrons. The van der Waals surface area contributed by atoms with Gasteiger partial charge in [0.15, 0.2) is 6.29 Å². The van der Waals surface area contributed by atoms with E-state index in [1.807, 2.05) is 20.8 Å². The molecule has 0 aliphatic carbocycles. The largest absolute Gasteiger partial charge is 0.298 e. The van der Waals surface area contributed by atoms with Crippen molar-refractivity contribution >= 4 is 6.29 Å². The van der Waals surface area contributed by atoms with E-state index in [1.165, 1.54) is 12.3 Å². The summed E-state index contributed by atoms with van der Waals surface area (Å²) in [5, 5.41) is 4.19. The third kappa shape index (κ3) is 2.06. The van der Waals surface area contributed by atoms with Crippen LogP contribution in [0.3, 0.4) is 0 Å². The number of aldehydes is 1. The second kappa shape index (κ2) is 4.37. The minimum absolute atomic E-state index is 0.321. The minimum atomic E-state index is -0.355. The van der Waals surface area contributed by atoms with Gasteiger partial charge in [-0.25, -0.2) is 4.39 Å². The van der Waals surface area contributed by atoms with Crippen LogP contribution in [-0.4, -0.2) is 16.1 Å². The highest BCUT2D eigenvalue weighted by atomic mass is 19.1. The Labute approximate surface area is 105 Å². The molecule has 1 aromatic carbocycles. The first-order chi connectivity index (χ1) is 8.45. The van der Waals surface area contributed by atoms with E-state index in [0.29, 0.717) is 23.1 Å². The van der Waals surface area contributed by atoms with Gasteiger partial charge in [-0.3, -0.25) is 9.48 Å². The Kier molecular flexibility index (Phi) is 3.03. The molecule has 18 heavy (non-hydrogen) atoms. The van der Waals surface area contributed by atoms with Crippen molar-refractivity contribution in [3.63, 3.8) is 0 Å². The van der Waals surface area contributed by atoms with Gasteiger partial charge in [-0.1, -0.05) is 12.1 Å². The summed E-state index contributed by atoms with van der Waals surface area (Å²) in [7, 11) is 0. The molecule has 0 amide bonds. The Morgan fingerprint density at radius 1 is 1.28 bits per heavy atom. The van der Waals surface area contributed by atoms with Gasteiger partial charge in [0, 0.05) is 5.56 Å².